The molecular formula is C31H28ClF. The summed E-state index contributed by atoms with van der Waals surface area (Å²) in [5, 5.41) is 0.408. The van der Waals surface area contributed by atoms with Crippen molar-refractivity contribution < 1.29 is 4.39 Å². The van der Waals surface area contributed by atoms with Gasteiger partial charge in [-0.2, -0.15) is 0 Å². The Kier molecular flexibility index (Phi) is 7.75. The van der Waals surface area contributed by atoms with Gasteiger partial charge in [-0.25, -0.2) is 4.39 Å². The van der Waals surface area contributed by atoms with E-state index >= 15 is 0 Å². The molecule has 0 nitrogen and oxygen atoms in total. The van der Waals surface area contributed by atoms with Crippen LogP contribution in [0.2, 0.25) is 5.02 Å². The van der Waals surface area contributed by atoms with E-state index in [1.165, 1.54) is 28.3 Å². The highest BCUT2D eigenvalue weighted by Crippen LogP contribution is 2.21. The van der Waals surface area contributed by atoms with Gasteiger partial charge in [0.1, 0.15) is 5.82 Å². The summed E-state index contributed by atoms with van der Waals surface area (Å²) in [7, 11) is 0. The van der Waals surface area contributed by atoms with E-state index in [9.17, 15) is 4.39 Å². The van der Waals surface area contributed by atoms with Crippen LogP contribution in [0.1, 0.15) is 46.2 Å². The molecule has 4 aromatic rings. The van der Waals surface area contributed by atoms with Gasteiger partial charge in [-0.3, -0.25) is 0 Å². The number of benzene rings is 4. The first-order valence-electron chi connectivity index (χ1n) is 11.4. The average Bonchev–Trinajstić information content (AvgIpc) is 2.84. The molecule has 166 valence electrons. The second-order valence-electron chi connectivity index (χ2n) is 8.57. The van der Waals surface area contributed by atoms with Gasteiger partial charge < -0.3 is 0 Å². The lowest BCUT2D eigenvalue weighted by Gasteiger charge is -2.12. The molecule has 4 rings (SSSR count). The molecular weight excluding hydrogens is 427 g/mol. The van der Waals surface area contributed by atoms with E-state index < -0.39 is 0 Å². The molecule has 2 heteroatoms. The van der Waals surface area contributed by atoms with Crippen molar-refractivity contribution in [2.75, 3.05) is 0 Å². The molecule has 33 heavy (non-hydrogen) atoms. The van der Waals surface area contributed by atoms with Crippen LogP contribution in [0.15, 0.2) is 97.1 Å². The Bertz CT molecular complexity index is 1190. The van der Waals surface area contributed by atoms with Crippen LogP contribution in [0.3, 0.4) is 0 Å². The van der Waals surface area contributed by atoms with E-state index in [2.05, 4.69) is 85.8 Å². The first-order valence-corrected chi connectivity index (χ1v) is 11.8. The van der Waals surface area contributed by atoms with Crippen LogP contribution < -0.4 is 0 Å². The van der Waals surface area contributed by atoms with Gasteiger partial charge in [0.25, 0.3) is 0 Å². The molecule has 0 radical (unpaired) electrons. The largest absolute Gasteiger partial charge is 0.206 e. The van der Waals surface area contributed by atoms with E-state index in [-0.39, 0.29) is 5.82 Å². The predicted octanol–water partition coefficient (Wildman–Crippen LogP) is 8.78. The third kappa shape index (κ3) is 6.66. The fourth-order valence-corrected chi connectivity index (χ4v) is 4.16. The van der Waals surface area contributed by atoms with Crippen LogP contribution in [0.4, 0.5) is 4.39 Å². The standard InChI is InChI=1S/C31H28ClF/c1-23(28-5-3-2-4-6-28)21-27-15-13-25(14-16-27)8-7-24-9-11-26(12-10-24)17-18-29-19-20-30(32)22-31(29)33/h2-6,9-20,22-23H,7-8,21H2,1H3/t23-/m1/s1. The summed E-state index contributed by atoms with van der Waals surface area (Å²) >= 11 is 5.81. The van der Waals surface area contributed by atoms with Crippen molar-refractivity contribution in [3.05, 3.63) is 141 Å². The molecule has 1 atom stereocenters. The molecule has 0 amide bonds. The Morgan fingerprint density at radius 3 is 1.97 bits per heavy atom. The van der Waals surface area contributed by atoms with E-state index in [4.69, 9.17) is 11.6 Å². The fraction of sp³-hybridized carbons (Fsp3) is 0.161. The second kappa shape index (κ2) is 11.1. The van der Waals surface area contributed by atoms with Crippen molar-refractivity contribution in [2.45, 2.75) is 32.1 Å². The zero-order valence-corrected chi connectivity index (χ0v) is 19.6. The maximum Gasteiger partial charge on any atom is 0.131 e. The minimum Gasteiger partial charge on any atom is -0.206 e. The minimum atomic E-state index is -0.309. The maximum atomic E-state index is 13.9. The van der Waals surface area contributed by atoms with Crippen molar-refractivity contribution in [3.8, 4) is 0 Å². The first-order chi connectivity index (χ1) is 16.1. The quantitative estimate of drug-likeness (QED) is 0.233. The highest BCUT2D eigenvalue weighted by molar-refractivity contribution is 6.30. The molecule has 0 aliphatic heterocycles. The molecule has 0 saturated carbocycles. The zero-order valence-electron chi connectivity index (χ0n) is 18.8. The van der Waals surface area contributed by atoms with Crippen molar-refractivity contribution >= 4 is 23.8 Å². The number of rotatable bonds is 8. The first kappa shape index (κ1) is 23.0. The average molecular weight is 455 g/mol. The third-order valence-corrected chi connectivity index (χ3v) is 6.27. The van der Waals surface area contributed by atoms with Gasteiger partial charge in [-0.05, 0) is 65.1 Å². The zero-order chi connectivity index (χ0) is 23.0. The SMILES string of the molecule is C[C@H](Cc1ccc(CCc2ccc(C=Cc3ccc(Cl)cc3F)cc2)cc1)c1ccccc1. The summed E-state index contributed by atoms with van der Waals surface area (Å²) in [6, 6.07) is 32.9. The van der Waals surface area contributed by atoms with Gasteiger partial charge in [-0.15, -0.1) is 0 Å². The molecule has 0 fully saturated rings. The third-order valence-electron chi connectivity index (χ3n) is 6.03. The maximum absolute atomic E-state index is 13.9. The Labute approximate surface area is 201 Å². The summed E-state index contributed by atoms with van der Waals surface area (Å²) < 4.78 is 13.9. The number of hydrogen-bond donors (Lipinski definition) is 0. The van der Waals surface area contributed by atoms with E-state index in [1.807, 2.05) is 6.08 Å². The highest BCUT2D eigenvalue weighted by Gasteiger charge is 2.06. The molecule has 4 aromatic carbocycles. The van der Waals surface area contributed by atoms with Crippen LogP contribution >= 0.6 is 11.6 Å². The Morgan fingerprint density at radius 1 is 0.727 bits per heavy atom. The highest BCUT2D eigenvalue weighted by atomic mass is 35.5. The van der Waals surface area contributed by atoms with Crippen LogP contribution in [0, 0.1) is 5.82 Å². The number of halogens is 2. The van der Waals surface area contributed by atoms with Crippen LogP contribution in [0.25, 0.3) is 12.2 Å². The lowest BCUT2D eigenvalue weighted by molar-refractivity contribution is 0.625. The van der Waals surface area contributed by atoms with E-state index in [0.29, 0.717) is 16.5 Å². The van der Waals surface area contributed by atoms with Gasteiger partial charge in [0.15, 0.2) is 0 Å². The molecule has 0 heterocycles. The van der Waals surface area contributed by atoms with Crippen molar-refractivity contribution in [2.24, 2.45) is 0 Å². The van der Waals surface area contributed by atoms with Gasteiger partial charge in [0.05, 0.1) is 0 Å². The Morgan fingerprint density at radius 2 is 1.33 bits per heavy atom. The lowest BCUT2D eigenvalue weighted by Crippen LogP contribution is -1.99. The number of hydrogen-bond acceptors (Lipinski definition) is 0. The monoisotopic (exact) mass is 454 g/mol. The molecule has 0 unspecified atom stereocenters. The summed E-state index contributed by atoms with van der Waals surface area (Å²) in [6.07, 6.45) is 6.76. The summed E-state index contributed by atoms with van der Waals surface area (Å²) in [4.78, 5) is 0. The van der Waals surface area contributed by atoms with Crippen LogP contribution in [-0.4, -0.2) is 0 Å². The summed E-state index contributed by atoms with van der Waals surface area (Å²) in [5.41, 5.74) is 7.00. The number of aryl methyl sites for hydroxylation is 2. The van der Waals surface area contributed by atoms with Crippen molar-refractivity contribution in [1.29, 1.82) is 0 Å². The van der Waals surface area contributed by atoms with Gasteiger partial charge in [0.2, 0.25) is 0 Å². The molecule has 0 aromatic heterocycles. The molecule has 0 N–H and O–H groups in total. The molecule has 0 bridgehead atoms. The Balaban J connectivity index is 1.29. The minimum absolute atomic E-state index is 0.309. The molecule has 0 saturated heterocycles. The van der Waals surface area contributed by atoms with Gasteiger partial charge >= 0.3 is 0 Å². The van der Waals surface area contributed by atoms with Crippen molar-refractivity contribution in [1.82, 2.24) is 0 Å². The summed E-state index contributed by atoms with van der Waals surface area (Å²) in [5.74, 6) is 0.205. The molecule has 0 spiro atoms. The van der Waals surface area contributed by atoms with Crippen LogP contribution in [0.5, 0.6) is 0 Å². The normalized spacial score (nSPS) is 12.2. The molecule has 0 aliphatic rings. The van der Waals surface area contributed by atoms with Crippen molar-refractivity contribution in [3.63, 3.8) is 0 Å². The van der Waals surface area contributed by atoms with Gasteiger partial charge in [-0.1, -0.05) is 116 Å². The lowest BCUT2D eigenvalue weighted by atomic mass is 9.93. The second-order valence-corrected chi connectivity index (χ2v) is 9.01. The van der Waals surface area contributed by atoms with Crippen LogP contribution in [-0.2, 0) is 19.3 Å². The smallest absolute Gasteiger partial charge is 0.131 e. The fourth-order valence-electron chi connectivity index (χ4n) is 4.00. The Hall–Kier alpha value is -3.16. The van der Waals surface area contributed by atoms with Gasteiger partial charge in [0, 0.05) is 10.6 Å². The summed E-state index contributed by atoms with van der Waals surface area (Å²) in [6.45, 7) is 2.29. The van der Waals surface area contributed by atoms with E-state index in [1.54, 1.807) is 18.2 Å². The topological polar surface area (TPSA) is 0 Å². The predicted molar refractivity (Wildman–Crippen MR) is 139 cm³/mol. The van der Waals surface area contributed by atoms with E-state index in [0.717, 1.165) is 24.8 Å². The molecule has 0 aliphatic carbocycles.